The van der Waals surface area contributed by atoms with Crippen molar-refractivity contribution in [1.29, 1.82) is 0 Å². The fourth-order valence-corrected chi connectivity index (χ4v) is 5.66. The second kappa shape index (κ2) is 7.12. The second-order valence-corrected chi connectivity index (χ2v) is 9.32. The highest BCUT2D eigenvalue weighted by Crippen LogP contribution is 2.30. The van der Waals surface area contributed by atoms with E-state index in [2.05, 4.69) is 6.92 Å². The van der Waals surface area contributed by atoms with E-state index in [1.807, 2.05) is 6.07 Å². The monoisotopic (exact) mass is 352 g/mol. The molecule has 6 heteroatoms. The molecule has 0 N–H and O–H groups in total. The molecule has 2 aliphatic rings. The maximum absolute atomic E-state index is 12.9. The quantitative estimate of drug-likeness (QED) is 0.605. The summed E-state index contributed by atoms with van der Waals surface area (Å²) in [4.78, 5) is 0.356. The van der Waals surface area contributed by atoms with Crippen molar-refractivity contribution in [3.8, 4) is 0 Å². The van der Waals surface area contributed by atoms with Crippen molar-refractivity contribution in [2.24, 2.45) is 5.92 Å². The van der Waals surface area contributed by atoms with Crippen LogP contribution in [0.5, 0.6) is 0 Å². The minimum atomic E-state index is -3.45. The normalized spacial score (nSPS) is 32.1. The summed E-state index contributed by atoms with van der Waals surface area (Å²) in [5.41, 5.74) is 0. The zero-order chi connectivity index (χ0) is 17.2. The van der Waals surface area contributed by atoms with E-state index in [0.717, 1.165) is 25.7 Å². The standard InChI is InChI=1S/C18H28N2O3S/c1-16-9-13-20(21,14-10-16)15-11-17-6-5-12-19(17)24(22,23)18-7-3-2-4-8-18/h2-4,7-8,16-17H,5-6,9-15H2,1H3. The highest BCUT2D eigenvalue weighted by atomic mass is 32.2. The SMILES string of the molecule is CC1CC[N+]([O-])(CCC2CCCN2S(=O)(=O)c2ccccc2)CC1. The Bertz CT molecular complexity index is 639. The average Bonchev–Trinajstić information content (AvgIpc) is 3.06. The van der Waals surface area contributed by atoms with Crippen LogP contribution in [0.2, 0.25) is 0 Å². The molecule has 5 nitrogen and oxygen atoms in total. The lowest BCUT2D eigenvalue weighted by molar-refractivity contribution is -0.887. The van der Waals surface area contributed by atoms with Gasteiger partial charge in [-0.05, 0) is 43.7 Å². The van der Waals surface area contributed by atoms with Gasteiger partial charge < -0.3 is 9.85 Å². The number of hydrogen-bond donors (Lipinski definition) is 0. The minimum Gasteiger partial charge on any atom is -0.633 e. The molecular weight excluding hydrogens is 324 g/mol. The Labute approximate surface area is 145 Å². The molecule has 1 aromatic carbocycles. The summed E-state index contributed by atoms with van der Waals surface area (Å²) >= 11 is 0. The van der Waals surface area contributed by atoms with Crippen molar-refractivity contribution in [2.75, 3.05) is 26.2 Å². The van der Waals surface area contributed by atoms with Crippen LogP contribution >= 0.6 is 0 Å². The molecule has 1 aromatic rings. The minimum absolute atomic E-state index is 0.0292. The molecule has 2 saturated heterocycles. The Hall–Kier alpha value is -0.950. The van der Waals surface area contributed by atoms with Gasteiger partial charge in [-0.1, -0.05) is 25.1 Å². The van der Waals surface area contributed by atoms with E-state index in [4.69, 9.17) is 0 Å². The first kappa shape index (κ1) is 17.9. The lowest BCUT2D eigenvalue weighted by Gasteiger charge is -2.47. The molecule has 2 aliphatic heterocycles. The van der Waals surface area contributed by atoms with Gasteiger partial charge in [0.05, 0.1) is 24.5 Å². The van der Waals surface area contributed by atoms with Gasteiger partial charge in [0.1, 0.15) is 0 Å². The van der Waals surface area contributed by atoms with Crippen LogP contribution in [0.3, 0.4) is 0 Å². The number of rotatable bonds is 5. The van der Waals surface area contributed by atoms with E-state index < -0.39 is 10.0 Å². The van der Waals surface area contributed by atoms with Gasteiger partial charge in [0, 0.05) is 19.0 Å². The van der Waals surface area contributed by atoms with Gasteiger partial charge in [0.25, 0.3) is 0 Å². The number of benzene rings is 1. The molecule has 0 aromatic heterocycles. The van der Waals surface area contributed by atoms with Crippen LogP contribution in [0, 0.1) is 11.1 Å². The van der Waals surface area contributed by atoms with Crippen LogP contribution in [0.4, 0.5) is 0 Å². The topological polar surface area (TPSA) is 60.4 Å². The Balaban J connectivity index is 1.66. The molecule has 134 valence electrons. The summed E-state index contributed by atoms with van der Waals surface area (Å²) in [5.74, 6) is 0.645. The van der Waals surface area contributed by atoms with Crippen LogP contribution in [0.25, 0.3) is 0 Å². The van der Waals surface area contributed by atoms with Gasteiger partial charge in [-0.25, -0.2) is 8.42 Å². The van der Waals surface area contributed by atoms with Gasteiger partial charge in [0.2, 0.25) is 10.0 Å². The Morgan fingerprint density at radius 2 is 1.83 bits per heavy atom. The molecular formula is C18H28N2O3S. The van der Waals surface area contributed by atoms with Gasteiger partial charge in [0.15, 0.2) is 0 Å². The van der Waals surface area contributed by atoms with Crippen LogP contribution < -0.4 is 0 Å². The third kappa shape index (κ3) is 3.82. The van der Waals surface area contributed by atoms with Crippen molar-refractivity contribution in [3.63, 3.8) is 0 Å². The van der Waals surface area contributed by atoms with Gasteiger partial charge in [-0.3, -0.25) is 0 Å². The predicted octanol–water partition coefficient (Wildman–Crippen LogP) is 2.97. The molecule has 3 rings (SSSR count). The molecule has 24 heavy (non-hydrogen) atoms. The molecule has 2 heterocycles. The highest BCUT2D eigenvalue weighted by molar-refractivity contribution is 7.89. The van der Waals surface area contributed by atoms with Gasteiger partial charge in [-0.2, -0.15) is 4.31 Å². The third-order valence-electron chi connectivity index (χ3n) is 5.60. The fraction of sp³-hybridized carbons (Fsp3) is 0.667. The maximum atomic E-state index is 12.9. The number of sulfonamides is 1. The number of quaternary nitrogens is 1. The number of likely N-dealkylation sites (tertiary alicyclic amines) is 1. The summed E-state index contributed by atoms with van der Waals surface area (Å²) in [5, 5.41) is 12.8. The molecule has 1 unspecified atom stereocenters. The van der Waals surface area contributed by atoms with Crippen LogP contribution in [-0.2, 0) is 10.0 Å². The maximum Gasteiger partial charge on any atom is 0.243 e. The van der Waals surface area contributed by atoms with E-state index in [1.165, 1.54) is 0 Å². The van der Waals surface area contributed by atoms with E-state index in [9.17, 15) is 13.6 Å². The largest absolute Gasteiger partial charge is 0.633 e. The first-order valence-electron chi connectivity index (χ1n) is 9.05. The van der Waals surface area contributed by atoms with Crippen LogP contribution in [0.15, 0.2) is 35.2 Å². The predicted molar refractivity (Wildman–Crippen MR) is 94.6 cm³/mol. The third-order valence-corrected chi connectivity index (χ3v) is 7.57. The molecule has 0 radical (unpaired) electrons. The van der Waals surface area contributed by atoms with Gasteiger partial charge in [-0.15, -0.1) is 0 Å². The van der Waals surface area contributed by atoms with Crippen LogP contribution in [0.1, 0.15) is 39.0 Å². The number of nitrogens with zero attached hydrogens (tertiary/aromatic N) is 2. The van der Waals surface area contributed by atoms with Crippen molar-refractivity contribution in [2.45, 2.75) is 50.0 Å². The van der Waals surface area contributed by atoms with E-state index >= 15 is 0 Å². The number of hydroxylamine groups is 3. The molecule has 0 amide bonds. The summed E-state index contributed by atoms with van der Waals surface area (Å²) in [7, 11) is -3.45. The first-order chi connectivity index (χ1) is 11.4. The summed E-state index contributed by atoms with van der Waals surface area (Å²) in [6.45, 7) is 4.67. The summed E-state index contributed by atoms with van der Waals surface area (Å²) in [6, 6.07) is 8.61. The van der Waals surface area contributed by atoms with E-state index in [-0.39, 0.29) is 10.7 Å². The Morgan fingerprint density at radius 3 is 2.50 bits per heavy atom. The molecule has 2 fully saturated rings. The summed E-state index contributed by atoms with van der Waals surface area (Å²) < 4.78 is 27.2. The van der Waals surface area contributed by atoms with Crippen molar-refractivity contribution in [3.05, 3.63) is 35.5 Å². The Kier molecular flexibility index (Phi) is 5.30. The van der Waals surface area contributed by atoms with Crippen LogP contribution in [-0.4, -0.2) is 49.6 Å². The second-order valence-electron chi connectivity index (χ2n) is 7.42. The van der Waals surface area contributed by atoms with E-state index in [0.29, 0.717) is 43.4 Å². The fourth-order valence-electron chi connectivity index (χ4n) is 3.92. The summed E-state index contributed by atoms with van der Waals surface area (Å²) in [6.07, 6.45) is 4.39. The Morgan fingerprint density at radius 1 is 1.17 bits per heavy atom. The zero-order valence-electron chi connectivity index (χ0n) is 14.4. The number of hydrogen-bond acceptors (Lipinski definition) is 3. The van der Waals surface area contributed by atoms with Crippen molar-refractivity contribution >= 4 is 10.0 Å². The number of piperidine rings is 1. The lowest BCUT2D eigenvalue weighted by atomic mass is 9.98. The van der Waals surface area contributed by atoms with Gasteiger partial charge >= 0.3 is 0 Å². The lowest BCUT2D eigenvalue weighted by Crippen LogP contribution is -2.50. The smallest absolute Gasteiger partial charge is 0.243 e. The molecule has 0 spiro atoms. The average molecular weight is 353 g/mol. The highest BCUT2D eigenvalue weighted by Gasteiger charge is 2.36. The van der Waals surface area contributed by atoms with Crippen molar-refractivity contribution in [1.82, 2.24) is 4.31 Å². The molecule has 0 aliphatic carbocycles. The van der Waals surface area contributed by atoms with E-state index in [1.54, 1.807) is 28.6 Å². The molecule has 0 bridgehead atoms. The molecule has 1 atom stereocenters. The zero-order valence-corrected chi connectivity index (χ0v) is 15.2. The van der Waals surface area contributed by atoms with Crippen molar-refractivity contribution < 1.29 is 13.1 Å². The molecule has 0 saturated carbocycles. The first-order valence-corrected chi connectivity index (χ1v) is 10.5.